The topological polar surface area (TPSA) is 78.9 Å². The SMILES string of the molecule is Cc1ccc(CNC(=O)c2ccc3c(c2)OCCN3Cc2ccc(-c3ccccc3C(=O)O)cc2)c(C)c1. The lowest BCUT2D eigenvalue weighted by Gasteiger charge is -2.31. The minimum Gasteiger partial charge on any atom is -0.490 e. The minimum absolute atomic E-state index is 0.134. The van der Waals surface area contributed by atoms with Crippen LogP contribution in [0.15, 0.2) is 84.9 Å². The number of carboxylic acid groups (broad SMARTS) is 1. The fourth-order valence-electron chi connectivity index (χ4n) is 4.84. The summed E-state index contributed by atoms with van der Waals surface area (Å²) in [5, 5.41) is 12.5. The van der Waals surface area contributed by atoms with E-state index in [1.54, 1.807) is 12.1 Å². The molecule has 192 valence electrons. The molecule has 0 aliphatic carbocycles. The van der Waals surface area contributed by atoms with Gasteiger partial charge >= 0.3 is 5.97 Å². The van der Waals surface area contributed by atoms with E-state index in [9.17, 15) is 14.7 Å². The van der Waals surface area contributed by atoms with Crippen molar-refractivity contribution in [3.05, 3.63) is 118 Å². The van der Waals surface area contributed by atoms with Crippen LogP contribution in [0.1, 0.15) is 43.0 Å². The molecule has 1 aliphatic heterocycles. The smallest absolute Gasteiger partial charge is 0.336 e. The van der Waals surface area contributed by atoms with Gasteiger partial charge in [-0.1, -0.05) is 66.2 Å². The third-order valence-electron chi connectivity index (χ3n) is 6.91. The molecular formula is C32H30N2O4. The van der Waals surface area contributed by atoms with E-state index in [4.69, 9.17) is 4.74 Å². The number of ether oxygens (including phenoxy) is 1. The van der Waals surface area contributed by atoms with Gasteiger partial charge in [-0.05, 0) is 65.9 Å². The van der Waals surface area contributed by atoms with Crippen molar-refractivity contribution in [1.29, 1.82) is 0 Å². The van der Waals surface area contributed by atoms with E-state index in [1.807, 2.05) is 54.6 Å². The van der Waals surface area contributed by atoms with Gasteiger partial charge in [0.25, 0.3) is 5.91 Å². The Morgan fingerprint density at radius 2 is 1.74 bits per heavy atom. The van der Waals surface area contributed by atoms with Gasteiger partial charge in [0.15, 0.2) is 0 Å². The van der Waals surface area contributed by atoms with Gasteiger partial charge in [-0.2, -0.15) is 0 Å². The average molecular weight is 507 g/mol. The predicted molar refractivity (Wildman–Crippen MR) is 149 cm³/mol. The molecule has 0 radical (unpaired) electrons. The highest BCUT2D eigenvalue weighted by molar-refractivity contribution is 5.96. The Morgan fingerprint density at radius 1 is 0.947 bits per heavy atom. The van der Waals surface area contributed by atoms with Crippen LogP contribution in [-0.4, -0.2) is 30.1 Å². The van der Waals surface area contributed by atoms with Crippen LogP contribution in [-0.2, 0) is 13.1 Å². The maximum absolute atomic E-state index is 12.9. The number of fused-ring (bicyclic) bond motifs is 1. The molecule has 1 heterocycles. The molecule has 2 N–H and O–H groups in total. The molecule has 5 rings (SSSR count). The summed E-state index contributed by atoms with van der Waals surface area (Å²) >= 11 is 0. The van der Waals surface area contributed by atoms with Gasteiger partial charge in [-0.15, -0.1) is 0 Å². The zero-order chi connectivity index (χ0) is 26.6. The molecular weight excluding hydrogens is 476 g/mol. The number of benzene rings is 4. The van der Waals surface area contributed by atoms with Gasteiger partial charge in [0.2, 0.25) is 0 Å². The molecule has 0 saturated carbocycles. The molecule has 1 amide bonds. The number of hydrogen-bond acceptors (Lipinski definition) is 4. The lowest BCUT2D eigenvalue weighted by Crippen LogP contribution is -2.32. The van der Waals surface area contributed by atoms with Crippen LogP contribution in [0.5, 0.6) is 5.75 Å². The third kappa shape index (κ3) is 5.39. The zero-order valence-corrected chi connectivity index (χ0v) is 21.5. The minimum atomic E-state index is -0.937. The van der Waals surface area contributed by atoms with Crippen LogP contribution < -0.4 is 15.0 Å². The van der Waals surface area contributed by atoms with Crippen LogP contribution in [0, 0.1) is 13.8 Å². The largest absolute Gasteiger partial charge is 0.490 e. The second-order valence-electron chi connectivity index (χ2n) is 9.61. The number of amides is 1. The van der Waals surface area contributed by atoms with Gasteiger partial charge in [0, 0.05) is 18.7 Å². The summed E-state index contributed by atoms with van der Waals surface area (Å²) < 4.78 is 5.91. The van der Waals surface area contributed by atoms with Crippen molar-refractivity contribution in [2.45, 2.75) is 26.9 Å². The second kappa shape index (κ2) is 10.8. The molecule has 4 aromatic rings. The number of carboxylic acids is 1. The quantitative estimate of drug-likeness (QED) is 0.322. The molecule has 0 fully saturated rings. The summed E-state index contributed by atoms with van der Waals surface area (Å²) in [6.45, 7) is 6.53. The van der Waals surface area contributed by atoms with Crippen molar-refractivity contribution in [3.63, 3.8) is 0 Å². The van der Waals surface area contributed by atoms with E-state index in [2.05, 4.69) is 42.3 Å². The monoisotopic (exact) mass is 506 g/mol. The van der Waals surface area contributed by atoms with E-state index >= 15 is 0 Å². The summed E-state index contributed by atoms with van der Waals surface area (Å²) in [7, 11) is 0. The number of aromatic carboxylic acids is 1. The van der Waals surface area contributed by atoms with Gasteiger partial charge < -0.3 is 20.1 Å². The Bertz CT molecular complexity index is 1490. The normalized spacial score (nSPS) is 12.4. The van der Waals surface area contributed by atoms with Gasteiger partial charge in [-0.3, -0.25) is 4.79 Å². The fourth-order valence-corrected chi connectivity index (χ4v) is 4.84. The Balaban J connectivity index is 1.28. The first-order chi connectivity index (χ1) is 18.4. The fraction of sp³-hybridized carbons (Fsp3) is 0.188. The van der Waals surface area contributed by atoms with Crippen molar-refractivity contribution in [3.8, 4) is 16.9 Å². The Kier molecular flexibility index (Phi) is 7.13. The van der Waals surface area contributed by atoms with Crippen LogP contribution in [0.4, 0.5) is 5.69 Å². The standard InChI is InChI=1S/C32H30N2O4/c1-21-7-10-26(22(2)17-21)19-33-31(35)25-13-14-29-30(18-25)38-16-15-34(29)20-23-8-11-24(12-9-23)27-5-3-4-6-28(27)32(36)37/h3-14,17-18H,15-16,19-20H2,1-2H3,(H,33,35)(H,36,37). The summed E-state index contributed by atoms with van der Waals surface area (Å²) in [6, 6.07) is 26.8. The van der Waals surface area contributed by atoms with Crippen molar-refractivity contribution < 1.29 is 19.4 Å². The van der Waals surface area contributed by atoms with Gasteiger partial charge in [0.1, 0.15) is 12.4 Å². The highest BCUT2D eigenvalue weighted by atomic mass is 16.5. The van der Waals surface area contributed by atoms with E-state index in [0.717, 1.165) is 34.5 Å². The number of nitrogens with one attached hydrogen (secondary N) is 1. The zero-order valence-electron chi connectivity index (χ0n) is 21.5. The first-order valence-corrected chi connectivity index (χ1v) is 12.7. The van der Waals surface area contributed by atoms with Crippen molar-refractivity contribution in [2.75, 3.05) is 18.1 Å². The van der Waals surface area contributed by atoms with Gasteiger partial charge in [0.05, 0.1) is 17.8 Å². The molecule has 6 heteroatoms. The lowest BCUT2D eigenvalue weighted by molar-refractivity contribution is 0.0697. The van der Waals surface area contributed by atoms with Gasteiger partial charge in [-0.25, -0.2) is 4.79 Å². The highest BCUT2D eigenvalue weighted by Gasteiger charge is 2.20. The number of carbonyl (C=O) groups excluding carboxylic acids is 1. The number of carbonyl (C=O) groups is 2. The molecule has 1 aliphatic rings. The summed E-state index contributed by atoms with van der Waals surface area (Å²) in [6.07, 6.45) is 0. The number of hydrogen-bond donors (Lipinski definition) is 2. The van der Waals surface area contributed by atoms with E-state index in [1.165, 1.54) is 5.56 Å². The van der Waals surface area contributed by atoms with Crippen LogP contribution in [0.2, 0.25) is 0 Å². The lowest BCUT2D eigenvalue weighted by atomic mass is 9.98. The third-order valence-corrected chi connectivity index (χ3v) is 6.91. The molecule has 0 spiro atoms. The molecule has 0 aromatic heterocycles. The number of aryl methyl sites for hydroxylation is 2. The number of anilines is 1. The summed E-state index contributed by atoms with van der Waals surface area (Å²) in [5.74, 6) is -0.374. The van der Waals surface area contributed by atoms with Crippen molar-refractivity contribution in [2.24, 2.45) is 0 Å². The first kappa shape index (κ1) is 25.1. The van der Waals surface area contributed by atoms with E-state index in [0.29, 0.717) is 36.6 Å². The molecule has 0 bridgehead atoms. The maximum atomic E-state index is 12.9. The molecule has 4 aromatic carbocycles. The Hall–Kier alpha value is -4.58. The first-order valence-electron chi connectivity index (χ1n) is 12.7. The highest BCUT2D eigenvalue weighted by Crippen LogP contribution is 2.34. The van der Waals surface area contributed by atoms with E-state index in [-0.39, 0.29) is 11.5 Å². The van der Waals surface area contributed by atoms with E-state index < -0.39 is 5.97 Å². The predicted octanol–water partition coefficient (Wildman–Crippen LogP) is 6.00. The summed E-state index contributed by atoms with van der Waals surface area (Å²) in [5.41, 5.74) is 7.93. The van der Waals surface area contributed by atoms with Crippen molar-refractivity contribution >= 4 is 17.6 Å². The molecule has 38 heavy (non-hydrogen) atoms. The summed E-state index contributed by atoms with van der Waals surface area (Å²) in [4.78, 5) is 26.7. The van der Waals surface area contributed by atoms with Crippen molar-refractivity contribution in [1.82, 2.24) is 5.32 Å². The molecule has 0 saturated heterocycles. The molecule has 0 unspecified atom stereocenters. The number of rotatable bonds is 7. The number of nitrogens with zero attached hydrogens (tertiary/aromatic N) is 1. The second-order valence-corrected chi connectivity index (χ2v) is 9.61. The molecule has 0 atom stereocenters. The Morgan fingerprint density at radius 3 is 2.50 bits per heavy atom. The van der Waals surface area contributed by atoms with Crippen LogP contribution in [0.25, 0.3) is 11.1 Å². The van der Waals surface area contributed by atoms with Crippen LogP contribution in [0.3, 0.4) is 0 Å². The average Bonchev–Trinajstić information content (AvgIpc) is 2.92. The molecule has 6 nitrogen and oxygen atoms in total. The van der Waals surface area contributed by atoms with Crippen LogP contribution >= 0.6 is 0 Å². The maximum Gasteiger partial charge on any atom is 0.336 e. The Labute approximate surface area is 222 Å².